The third-order valence-corrected chi connectivity index (χ3v) is 2.02. The minimum atomic E-state index is -3.22. The monoisotopic (exact) mass is 194 g/mol. The molecule has 12 heavy (non-hydrogen) atoms. The Morgan fingerprint density at radius 3 is 2.83 bits per heavy atom. The van der Waals surface area contributed by atoms with E-state index in [0.717, 1.165) is 25.6 Å². The molecule has 1 rings (SSSR count). The normalized spacial score (nSPS) is 25.6. The van der Waals surface area contributed by atoms with E-state index in [1.54, 1.807) is 0 Å². The van der Waals surface area contributed by atoms with E-state index >= 15 is 0 Å². The van der Waals surface area contributed by atoms with Gasteiger partial charge in [-0.05, 0) is 19.4 Å². The highest BCUT2D eigenvalue weighted by molar-refractivity contribution is 7.88. The predicted octanol–water partition coefficient (Wildman–Crippen LogP) is -0.781. The number of nitrogens with one attached hydrogen (secondary N) is 2. The Bertz CT molecular complexity index is 221. The van der Waals surface area contributed by atoms with Crippen molar-refractivity contribution in [3.8, 4) is 0 Å². The van der Waals surface area contributed by atoms with Crippen LogP contribution in [0, 0.1) is 0 Å². The minimum absolute atomic E-state index is 0.0338. The summed E-state index contributed by atoms with van der Waals surface area (Å²) >= 11 is 0. The first-order valence-corrected chi connectivity index (χ1v) is 5.80. The molecule has 1 unspecified atom stereocenters. The van der Waals surface area contributed by atoms with Gasteiger partial charge in [0.1, 0.15) is 0 Å². The van der Waals surface area contributed by atoms with Crippen molar-refractivity contribution in [1.29, 1.82) is 0 Å². The summed E-state index contributed by atoms with van der Waals surface area (Å²) in [4.78, 5) is 6.97. The fourth-order valence-corrected chi connectivity index (χ4v) is 1.39. The summed E-state index contributed by atoms with van der Waals surface area (Å²) < 4.78 is 21.2. The third-order valence-electron chi connectivity index (χ3n) is 1.62. The lowest BCUT2D eigenvalue weighted by Crippen LogP contribution is -2.39. The molecular weight excluding hydrogens is 180 g/mol. The lowest BCUT2D eigenvalue weighted by Gasteiger charge is -2.21. The second-order valence-corrected chi connectivity index (χ2v) is 4.65. The molecule has 5 nitrogen and oxygen atoms in total. The molecule has 1 fully saturated rings. The quantitative estimate of drug-likeness (QED) is 0.578. The molecule has 1 atom stereocenters. The van der Waals surface area contributed by atoms with E-state index in [1.165, 1.54) is 0 Å². The van der Waals surface area contributed by atoms with Crippen LogP contribution in [-0.2, 0) is 14.9 Å². The maximum atomic E-state index is 10.6. The molecule has 0 radical (unpaired) electrons. The Labute approximate surface area is 72.5 Å². The molecule has 1 heterocycles. The Morgan fingerprint density at radius 1 is 1.58 bits per heavy atom. The predicted molar refractivity (Wildman–Crippen MR) is 45.0 cm³/mol. The maximum absolute atomic E-state index is 10.6. The first-order valence-electron chi connectivity index (χ1n) is 3.91. The van der Waals surface area contributed by atoms with Crippen LogP contribution in [0.25, 0.3) is 0 Å². The molecule has 6 heteroatoms. The third kappa shape index (κ3) is 4.01. The SMILES string of the molecule is CS(=O)(=O)NOC1CCCNC1. The van der Waals surface area contributed by atoms with Crippen molar-refractivity contribution in [1.82, 2.24) is 10.2 Å². The largest absolute Gasteiger partial charge is 0.314 e. The van der Waals surface area contributed by atoms with Gasteiger partial charge in [0.05, 0.1) is 12.4 Å². The molecule has 1 aliphatic heterocycles. The van der Waals surface area contributed by atoms with Crippen LogP contribution >= 0.6 is 0 Å². The van der Waals surface area contributed by atoms with Crippen LogP contribution in [0.1, 0.15) is 12.8 Å². The van der Waals surface area contributed by atoms with E-state index in [4.69, 9.17) is 4.84 Å². The Kier molecular flexibility index (Phi) is 3.45. The summed E-state index contributed by atoms with van der Waals surface area (Å²) in [6.07, 6.45) is 2.96. The molecule has 0 saturated carbocycles. The van der Waals surface area contributed by atoms with Gasteiger partial charge in [-0.2, -0.15) is 0 Å². The van der Waals surface area contributed by atoms with Crippen LogP contribution in [0.5, 0.6) is 0 Å². The standard InChI is InChI=1S/C6H14N2O3S/c1-12(9,10)8-11-6-3-2-4-7-5-6/h6-8H,2-5H2,1H3. The fourth-order valence-electron chi connectivity index (χ4n) is 1.08. The highest BCUT2D eigenvalue weighted by atomic mass is 32.2. The maximum Gasteiger partial charge on any atom is 0.230 e. The van der Waals surface area contributed by atoms with E-state index in [1.807, 2.05) is 4.89 Å². The van der Waals surface area contributed by atoms with Crippen molar-refractivity contribution in [2.45, 2.75) is 18.9 Å². The number of hydrogen-bond acceptors (Lipinski definition) is 4. The summed E-state index contributed by atoms with van der Waals surface area (Å²) in [7, 11) is -3.22. The van der Waals surface area contributed by atoms with Crippen LogP contribution in [0.3, 0.4) is 0 Å². The summed E-state index contributed by atoms with van der Waals surface area (Å²) in [5, 5.41) is 3.11. The van der Waals surface area contributed by atoms with Gasteiger partial charge >= 0.3 is 0 Å². The number of piperidine rings is 1. The van der Waals surface area contributed by atoms with Crippen molar-refractivity contribution < 1.29 is 13.3 Å². The smallest absolute Gasteiger partial charge is 0.230 e. The highest BCUT2D eigenvalue weighted by Crippen LogP contribution is 2.04. The van der Waals surface area contributed by atoms with Gasteiger partial charge in [-0.25, -0.2) is 8.42 Å². The summed E-state index contributed by atoms with van der Waals surface area (Å²) in [6, 6.07) is 0. The first kappa shape index (κ1) is 9.91. The zero-order chi connectivity index (χ0) is 9.03. The molecule has 1 saturated heterocycles. The Hall–Kier alpha value is -0.170. The van der Waals surface area contributed by atoms with Gasteiger partial charge in [-0.15, -0.1) is 0 Å². The summed E-state index contributed by atoms with van der Waals surface area (Å²) in [5.74, 6) is 0. The van der Waals surface area contributed by atoms with Crippen molar-refractivity contribution >= 4 is 10.0 Å². The second kappa shape index (κ2) is 4.18. The number of rotatable bonds is 3. The van der Waals surface area contributed by atoms with Gasteiger partial charge in [0.2, 0.25) is 10.0 Å². The molecule has 0 spiro atoms. The van der Waals surface area contributed by atoms with Crippen molar-refractivity contribution in [3.63, 3.8) is 0 Å². The van der Waals surface area contributed by atoms with E-state index in [-0.39, 0.29) is 6.10 Å². The number of sulfonamides is 1. The molecule has 0 aromatic heterocycles. The van der Waals surface area contributed by atoms with Crippen LogP contribution in [0.2, 0.25) is 0 Å². The van der Waals surface area contributed by atoms with E-state index in [9.17, 15) is 8.42 Å². The number of hydrogen-bond donors (Lipinski definition) is 2. The van der Waals surface area contributed by atoms with Gasteiger partial charge in [-0.3, -0.25) is 4.84 Å². The van der Waals surface area contributed by atoms with Crippen LogP contribution in [-0.4, -0.2) is 33.9 Å². The molecule has 1 aliphatic rings. The average Bonchev–Trinajstić information content (AvgIpc) is 2.02. The second-order valence-electron chi connectivity index (χ2n) is 2.94. The summed E-state index contributed by atoms with van der Waals surface area (Å²) in [6.45, 7) is 1.70. The first-order chi connectivity index (χ1) is 5.58. The lowest BCUT2D eigenvalue weighted by atomic mass is 10.1. The van der Waals surface area contributed by atoms with Gasteiger partial charge in [0, 0.05) is 6.54 Å². The molecule has 0 bridgehead atoms. The molecule has 2 N–H and O–H groups in total. The van der Waals surface area contributed by atoms with Gasteiger partial charge < -0.3 is 5.32 Å². The van der Waals surface area contributed by atoms with Gasteiger partial charge in [-0.1, -0.05) is 4.89 Å². The van der Waals surface area contributed by atoms with E-state index in [2.05, 4.69) is 5.32 Å². The average molecular weight is 194 g/mol. The van der Waals surface area contributed by atoms with E-state index < -0.39 is 10.0 Å². The van der Waals surface area contributed by atoms with E-state index in [0.29, 0.717) is 6.54 Å². The van der Waals surface area contributed by atoms with Crippen LogP contribution < -0.4 is 10.2 Å². The molecule has 72 valence electrons. The van der Waals surface area contributed by atoms with Crippen molar-refractivity contribution in [3.05, 3.63) is 0 Å². The molecule has 0 amide bonds. The van der Waals surface area contributed by atoms with Gasteiger partial charge in [0.25, 0.3) is 0 Å². The molecular formula is C6H14N2O3S. The Balaban J connectivity index is 2.22. The topological polar surface area (TPSA) is 67.4 Å². The van der Waals surface area contributed by atoms with Crippen LogP contribution in [0.4, 0.5) is 0 Å². The zero-order valence-corrected chi connectivity index (χ0v) is 7.86. The fraction of sp³-hybridized carbons (Fsp3) is 1.00. The Morgan fingerprint density at radius 2 is 2.33 bits per heavy atom. The molecule has 0 aliphatic carbocycles. The van der Waals surface area contributed by atoms with Crippen LogP contribution in [0.15, 0.2) is 0 Å². The highest BCUT2D eigenvalue weighted by Gasteiger charge is 2.14. The zero-order valence-electron chi connectivity index (χ0n) is 7.04. The lowest BCUT2D eigenvalue weighted by molar-refractivity contribution is 0.00443. The minimum Gasteiger partial charge on any atom is -0.314 e. The van der Waals surface area contributed by atoms with Crippen molar-refractivity contribution in [2.75, 3.05) is 19.3 Å². The van der Waals surface area contributed by atoms with Gasteiger partial charge in [0.15, 0.2) is 0 Å². The summed E-state index contributed by atoms with van der Waals surface area (Å²) in [5.41, 5.74) is 0. The molecule has 0 aromatic rings. The molecule has 0 aromatic carbocycles. The van der Waals surface area contributed by atoms with Crippen molar-refractivity contribution in [2.24, 2.45) is 0 Å².